The van der Waals surface area contributed by atoms with E-state index in [2.05, 4.69) is 14.7 Å². The SMILES string of the molecule is [2H]c1nc(C([2H])([2H])OC([2H])([2H])[2H])c([2H])nc1N. The van der Waals surface area contributed by atoms with Crippen LogP contribution in [0.1, 0.15) is 15.3 Å². The predicted octanol–water partition coefficient (Wildman–Crippen LogP) is 0.205. The first-order chi connectivity index (χ1) is 7.53. The summed E-state index contributed by atoms with van der Waals surface area (Å²) in [6.45, 7) is -2.85. The smallest absolute Gasteiger partial charge is 0.141 e. The van der Waals surface area contributed by atoms with E-state index in [1.54, 1.807) is 0 Å². The molecule has 1 aromatic rings. The number of nitrogens with zero attached hydrogens (tertiary/aromatic N) is 2. The normalized spacial score (nSPS) is 22.6. The van der Waals surface area contributed by atoms with Crippen LogP contribution in [0.3, 0.4) is 0 Å². The van der Waals surface area contributed by atoms with E-state index in [1.807, 2.05) is 0 Å². The lowest BCUT2D eigenvalue weighted by Crippen LogP contribution is -1.96. The Bertz CT molecular complexity index is 432. The summed E-state index contributed by atoms with van der Waals surface area (Å²) < 4.78 is 53.8. The Hall–Kier alpha value is -1.16. The molecule has 0 fully saturated rings. The highest BCUT2D eigenvalue weighted by Crippen LogP contribution is 1.96. The van der Waals surface area contributed by atoms with Crippen molar-refractivity contribution >= 4 is 5.82 Å². The number of ether oxygens (including phenoxy) is 1. The predicted molar refractivity (Wildman–Crippen MR) is 37.2 cm³/mol. The van der Waals surface area contributed by atoms with Crippen molar-refractivity contribution in [3.63, 3.8) is 0 Å². The van der Waals surface area contributed by atoms with E-state index < -0.39 is 31.6 Å². The van der Waals surface area contributed by atoms with Crippen molar-refractivity contribution in [3.8, 4) is 0 Å². The molecule has 0 bridgehead atoms. The van der Waals surface area contributed by atoms with Crippen LogP contribution >= 0.6 is 0 Å². The summed E-state index contributed by atoms with van der Waals surface area (Å²) in [5.74, 6) is -0.344. The zero-order chi connectivity index (χ0) is 13.4. The molecule has 0 aliphatic rings. The van der Waals surface area contributed by atoms with Gasteiger partial charge in [0.25, 0.3) is 0 Å². The highest BCUT2D eigenvalue weighted by Gasteiger charge is 1.91. The summed E-state index contributed by atoms with van der Waals surface area (Å²) in [5, 5.41) is 0. The number of nitrogen functional groups attached to an aromatic ring is 1. The maximum atomic E-state index is 7.37. The fraction of sp³-hybridized carbons (Fsp3) is 0.333. The quantitative estimate of drug-likeness (QED) is 0.647. The molecule has 4 heteroatoms. The van der Waals surface area contributed by atoms with Gasteiger partial charge in [-0.3, -0.25) is 4.98 Å². The van der Waals surface area contributed by atoms with Crippen LogP contribution in [-0.2, 0) is 11.3 Å². The Morgan fingerprint density at radius 3 is 3.60 bits per heavy atom. The van der Waals surface area contributed by atoms with Crippen molar-refractivity contribution in [2.24, 2.45) is 0 Å². The van der Waals surface area contributed by atoms with Crippen LogP contribution < -0.4 is 5.73 Å². The number of anilines is 1. The first kappa shape index (κ1) is 2.17. The van der Waals surface area contributed by atoms with Gasteiger partial charge in [0.1, 0.15) is 5.82 Å². The number of aromatic nitrogens is 2. The highest BCUT2D eigenvalue weighted by molar-refractivity contribution is 5.22. The van der Waals surface area contributed by atoms with E-state index in [0.29, 0.717) is 0 Å². The Morgan fingerprint density at radius 2 is 2.80 bits per heavy atom. The van der Waals surface area contributed by atoms with Gasteiger partial charge >= 0.3 is 0 Å². The molecule has 0 saturated heterocycles. The molecule has 0 saturated carbocycles. The van der Waals surface area contributed by atoms with E-state index in [9.17, 15) is 0 Å². The maximum Gasteiger partial charge on any atom is 0.141 e. The molecule has 2 N–H and O–H groups in total. The van der Waals surface area contributed by atoms with E-state index in [0.717, 1.165) is 0 Å². The first-order valence-electron chi connectivity index (χ1n) is 5.84. The summed E-state index contributed by atoms with van der Waals surface area (Å²) in [7, 11) is -3.00. The van der Waals surface area contributed by atoms with Crippen molar-refractivity contribution < 1.29 is 14.3 Å². The Labute approximate surface area is 68.9 Å². The molecule has 0 amide bonds. The van der Waals surface area contributed by atoms with Crippen LogP contribution in [-0.4, -0.2) is 17.0 Å². The average Bonchev–Trinajstić information content (AvgIpc) is 2.06. The molecule has 0 spiro atoms. The van der Waals surface area contributed by atoms with Crippen LogP contribution in [0.25, 0.3) is 0 Å². The van der Waals surface area contributed by atoms with Crippen LogP contribution in [0.5, 0.6) is 0 Å². The molecule has 4 nitrogen and oxygen atoms in total. The van der Waals surface area contributed by atoms with Gasteiger partial charge < -0.3 is 10.5 Å². The van der Waals surface area contributed by atoms with Crippen LogP contribution in [0.15, 0.2) is 12.3 Å². The number of rotatable bonds is 2. The lowest BCUT2D eigenvalue weighted by atomic mass is 10.5. The van der Waals surface area contributed by atoms with Gasteiger partial charge in [0.05, 0.1) is 34.2 Å². The molecule has 0 atom stereocenters. The third kappa shape index (κ3) is 1.66. The van der Waals surface area contributed by atoms with Crippen molar-refractivity contribution in [1.82, 2.24) is 9.97 Å². The van der Waals surface area contributed by atoms with Gasteiger partial charge in [0, 0.05) is 7.04 Å². The number of nitrogens with two attached hydrogens (primary N) is 1. The largest absolute Gasteiger partial charge is 0.382 e. The minimum absolute atomic E-state index is 0.344. The van der Waals surface area contributed by atoms with E-state index >= 15 is 0 Å². The fourth-order valence-electron chi connectivity index (χ4n) is 0.370. The molecule has 0 unspecified atom stereocenters. The highest BCUT2D eigenvalue weighted by atomic mass is 16.5. The van der Waals surface area contributed by atoms with Gasteiger partial charge in [-0.15, -0.1) is 0 Å². The second-order valence-electron chi connectivity index (χ2n) is 1.39. The average molecular weight is 146 g/mol. The zero-order valence-corrected chi connectivity index (χ0v) is 4.88. The summed E-state index contributed by atoms with van der Waals surface area (Å²) in [4.78, 5) is 6.73. The molecule has 0 aliphatic heterocycles. The van der Waals surface area contributed by atoms with Gasteiger partial charge in [-0.05, 0) is 0 Å². The number of hydrogen-bond acceptors (Lipinski definition) is 4. The summed E-state index contributed by atoms with van der Waals surface area (Å²) in [5.41, 5.74) is 4.50. The molecule has 54 valence electrons. The van der Waals surface area contributed by atoms with Gasteiger partial charge in [0.15, 0.2) is 0 Å². The summed E-state index contributed by atoms with van der Waals surface area (Å²) >= 11 is 0. The second-order valence-corrected chi connectivity index (χ2v) is 1.39. The molecule has 0 aromatic carbocycles. The van der Waals surface area contributed by atoms with Crippen molar-refractivity contribution in [2.45, 2.75) is 6.56 Å². The second kappa shape index (κ2) is 3.12. The van der Waals surface area contributed by atoms with Gasteiger partial charge in [-0.2, -0.15) is 0 Å². The topological polar surface area (TPSA) is 61.0 Å². The molecule has 10 heavy (non-hydrogen) atoms. The van der Waals surface area contributed by atoms with Crippen molar-refractivity contribution in [3.05, 3.63) is 18.0 Å². The van der Waals surface area contributed by atoms with Crippen LogP contribution in [0, 0.1) is 0 Å². The molecule has 1 aromatic heterocycles. The molecular weight excluding hydrogens is 130 g/mol. The molecule has 1 heterocycles. The van der Waals surface area contributed by atoms with Gasteiger partial charge in [-0.25, -0.2) is 4.98 Å². The molecule has 1 rings (SSSR count). The maximum absolute atomic E-state index is 7.37. The van der Waals surface area contributed by atoms with E-state index in [1.165, 1.54) is 0 Å². The minimum Gasteiger partial charge on any atom is -0.382 e. The van der Waals surface area contributed by atoms with Crippen molar-refractivity contribution in [1.29, 1.82) is 0 Å². The van der Waals surface area contributed by atoms with Crippen molar-refractivity contribution in [2.75, 3.05) is 12.8 Å². The Morgan fingerprint density at radius 1 is 1.90 bits per heavy atom. The zero-order valence-electron chi connectivity index (χ0n) is 11.9. The van der Waals surface area contributed by atoms with Gasteiger partial charge in [-0.1, -0.05) is 0 Å². The fourth-order valence-corrected chi connectivity index (χ4v) is 0.370. The lowest BCUT2D eigenvalue weighted by molar-refractivity contribution is 0.181. The van der Waals surface area contributed by atoms with Crippen LogP contribution in [0.2, 0.25) is 0 Å². The number of methoxy groups -OCH3 is 1. The number of hydrogen-bond donors (Lipinski definition) is 1. The van der Waals surface area contributed by atoms with Crippen LogP contribution in [0.4, 0.5) is 5.82 Å². The Kier molecular flexibility index (Phi) is 0.676. The van der Waals surface area contributed by atoms with E-state index in [4.69, 9.17) is 15.3 Å². The third-order valence-electron chi connectivity index (χ3n) is 0.712. The minimum atomic E-state index is -3.00. The Balaban J connectivity index is 3.19. The molecule has 0 aliphatic carbocycles. The lowest BCUT2D eigenvalue weighted by Gasteiger charge is -1.96. The standard InChI is InChI=1S/C6H9N3O/c1-10-4-5-2-9-6(7)3-8-5/h2-3H,4H2,1H3,(H2,7,9)/i1D3,2D,3D,4D2. The summed E-state index contributed by atoms with van der Waals surface area (Å²) in [6.07, 6.45) is -1.22. The first-order valence-corrected chi connectivity index (χ1v) is 2.34. The summed E-state index contributed by atoms with van der Waals surface area (Å²) in [6, 6.07) is 0. The van der Waals surface area contributed by atoms with E-state index in [-0.39, 0.29) is 5.82 Å². The van der Waals surface area contributed by atoms with Gasteiger partial charge in [0.2, 0.25) is 0 Å². The third-order valence-corrected chi connectivity index (χ3v) is 0.712. The molecule has 0 radical (unpaired) electrons. The monoisotopic (exact) mass is 146 g/mol. The molecular formula is C6H9N3O.